The Labute approximate surface area is 198 Å². The molecule has 11 heteroatoms. The van der Waals surface area contributed by atoms with E-state index in [4.69, 9.17) is 5.73 Å². The Bertz CT molecular complexity index is 1450. The highest BCUT2D eigenvalue weighted by Gasteiger charge is 2.34. The van der Waals surface area contributed by atoms with Crippen LogP contribution in [0.15, 0.2) is 54.9 Å². The number of fused-ring (bicyclic) bond motifs is 1. The molecule has 2 amide bonds. The number of carbonyl (C=O) groups excluding carboxylic acids is 1. The molecule has 0 spiro atoms. The molecule has 8 nitrogen and oxygen atoms in total. The second-order valence-electron chi connectivity index (χ2n) is 8.19. The number of nitrogens with one attached hydrogen (secondary N) is 1. The van der Waals surface area contributed by atoms with Crippen LogP contribution in [0, 0.1) is 6.92 Å². The quantitative estimate of drug-likeness (QED) is 0.429. The van der Waals surface area contributed by atoms with Gasteiger partial charge in [0.15, 0.2) is 0 Å². The van der Waals surface area contributed by atoms with E-state index in [0.29, 0.717) is 22.9 Å². The molecule has 178 valence electrons. The molecule has 0 unspecified atom stereocenters. The molecule has 4 aromatic rings. The number of aromatic nitrogens is 4. The monoisotopic (exact) mass is 479 g/mol. The Morgan fingerprint density at radius 3 is 2.63 bits per heavy atom. The standard InChI is InChI=1S/C24H20F3N7O/c1-13-7-8-14(20-29-11-18(31-20)16-5-3-4-6-17(16)24(25,26)27)9-19(13)34-12-15-10-30-22(28)32-21(15)33(2)23(34)35/h3-11H,12H2,1-2H3,(H,29,31)(H2,28,30,32). The lowest BCUT2D eigenvalue weighted by atomic mass is 10.0. The largest absolute Gasteiger partial charge is 0.417 e. The number of hydrogen-bond donors (Lipinski definition) is 2. The third-order valence-electron chi connectivity index (χ3n) is 5.90. The van der Waals surface area contributed by atoms with Crippen molar-refractivity contribution in [3.63, 3.8) is 0 Å². The van der Waals surface area contributed by atoms with Crippen molar-refractivity contribution >= 4 is 23.5 Å². The van der Waals surface area contributed by atoms with E-state index in [2.05, 4.69) is 19.9 Å². The van der Waals surface area contributed by atoms with Gasteiger partial charge in [0.25, 0.3) is 0 Å². The first-order chi connectivity index (χ1) is 16.6. The molecule has 2 aromatic carbocycles. The Morgan fingerprint density at radius 1 is 1.09 bits per heavy atom. The average molecular weight is 479 g/mol. The van der Waals surface area contributed by atoms with Gasteiger partial charge in [-0.05, 0) is 24.6 Å². The molecule has 0 aliphatic carbocycles. The predicted octanol–water partition coefficient (Wildman–Crippen LogP) is 5.02. The second kappa shape index (κ2) is 8.12. The number of nitrogens with zero attached hydrogens (tertiary/aromatic N) is 5. The molecule has 0 saturated heterocycles. The maximum absolute atomic E-state index is 13.5. The molecule has 1 aliphatic heterocycles. The zero-order chi connectivity index (χ0) is 24.9. The third kappa shape index (κ3) is 3.94. The van der Waals surface area contributed by atoms with E-state index in [1.54, 1.807) is 36.3 Å². The van der Waals surface area contributed by atoms with Crippen molar-refractivity contribution in [1.82, 2.24) is 19.9 Å². The smallest absolute Gasteiger partial charge is 0.368 e. The molecule has 3 heterocycles. The minimum Gasteiger partial charge on any atom is -0.368 e. The first-order valence-electron chi connectivity index (χ1n) is 10.6. The Kier molecular flexibility index (Phi) is 5.19. The lowest BCUT2D eigenvalue weighted by molar-refractivity contribution is -0.137. The minimum atomic E-state index is -4.50. The number of carbonyl (C=O) groups is 1. The number of hydrogen-bond acceptors (Lipinski definition) is 5. The summed E-state index contributed by atoms with van der Waals surface area (Å²) in [6.07, 6.45) is -1.54. The summed E-state index contributed by atoms with van der Waals surface area (Å²) >= 11 is 0. The van der Waals surface area contributed by atoms with Gasteiger partial charge in [-0.25, -0.2) is 14.8 Å². The van der Waals surface area contributed by atoms with Gasteiger partial charge in [-0.1, -0.05) is 30.3 Å². The number of rotatable bonds is 3. The van der Waals surface area contributed by atoms with Crippen molar-refractivity contribution in [3.8, 4) is 22.6 Å². The zero-order valence-corrected chi connectivity index (χ0v) is 18.8. The van der Waals surface area contributed by atoms with Crippen LogP contribution in [0.25, 0.3) is 22.6 Å². The van der Waals surface area contributed by atoms with Gasteiger partial charge >= 0.3 is 12.2 Å². The number of imidazole rings is 1. The van der Waals surface area contributed by atoms with Crippen molar-refractivity contribution in [2.24, 2.45) is 0 Å². The van der Waals surface area contributed by atoms with Gasteiger partial charge in [0, 0.05) is 35.6 Å². The highest BCUT2D eigenvalue weighted by atomic mass is 19.4. The maximum Gasteiger partial charge on any atom is 0.417 e. The van der Waals surface area contributed by atoms with E-state index in [0.717, 1.165) is 17.2 Å². The van der Waals surface area contributed by atoms with Crippen molar-refractivity contribution in [2.75, 3.05) is 22.6 Å². The van der Waals surface area contributed by atoms with E-state index in [1.807, 2.05) is 13.0 Å². The van der Waals surface area contributed by atoms with Gasteiger partial charge in [-0.15, -0.1) is 0 Å². The molecule has 0 saturated carbocycles. The van der Waals surface area contributed by atoms with Gasteiger partial charge in [0.2, 0.25) is 5.95 Å². The second-order valence-corrected chi connectivity index (χ2v) is 8.19. The molecule has 0 radical (unpaired) electrons. The SMILES string of the molecule is Cc1ccc(-c2ncc(-c3ccccc3C(F)(F)F)[nH]2)cc1N1Cc2cnc(N)nc2N(C)C1=O. The zero-order valence-electron chi connectivity index (χ0n) is 18.8. The number of aryl methyl sites for hydroxylation is 1. The number of nitrogen functional groups attached to an aromatic ring is 1. The number of H-pyrrole nitrogens is 1. The highest BCUT2D eigenvalue weighted by Crippen LogP contribution is 2.38. The molecule has 2 aromatic heterocycles. The Balaban J connectivity index is 1.52. The van der Waals surface area contributed by atoms with Crippen LogP contribution in [-0.2, 0) is 12.7 Å². The van der Waals surface area contributed by atoms with Crippen LogP contribution in [-0.4, -0.2) is 33.0 Å². The number of halogens is 3. The van der Waals surface area contributed by atoms with Gasteiger partial charge < -0.3 is 10.7 Å². The lowest BCUT2D eigenvalue weighted by Crippen LogP contribution is -2.46. The molecule has 5 rings (SSSR count). The fourth-order valence-electron chi connectivity index (χ4n) is 4.13. The summed E-state index contributed by atoms with van der Waals surface area (Å²) in [5.41, 5.74) is 8.00. The number of anilines is 3. The fourth-order valence-corrected chi connectivity index (χ4v) is 4.13. The summed E-state index contributed by atoms with van der Waals surface area (Å²) in [6.45, 7) is 2.11. The van der Waals surface area contributed by atoms with E-state index < -0.39 is 11.7 Å². The fraction of sp³-hybridized carbons (Fsp3) is 0.167. The number of benzene rings is 2. The number of nitrogens with two attached hydrogens (primary N) is 1. The van der Waals surface area contributed by atoms with E-state index in [-0.39, 0.29) is 29.8 Å². The first-order valence-corrected chi connectivity index (χ1v) is 10.6. The summed E-state index contributed by atoms with van der Waals surface area (Å²) in [7, 11) is 1.61. The number of alkyl halides is 3. The third-order valence-corrected chi connectivity index (χ3v) is 5.90. The van der Waals surface area contributed by atoms with Crippen LogP contribution in [0.2, 0.25) is 0 Å². The lowest BCUT2D eigenvalue weighted by Gasteiger charge is -2.34. The van der Waals surface area contributed by atoms with Crippen LogP contribution >= 0.6 is 0 Å². The predicted molar refractivity (Wildman–Crippen MR) is 126 cm³/mol. The summed E-state index contributed by atoms with van der Waals surface area (Å²) < 4.78 is 40.4. The van der Waals surface area contributed by atoms with Gasteiger partial charge in [-0.3, -0.25) is 9.80 Å². The van der Waals surface area contributed by atoms with Gasteiger partial charge in [0.05, 0.1) is 24.0 Å². The number of urea groups is 1. The van der Waals surface area contributed by atoms with E-state index in [9.17, 15) is 18.0 Å². The molecule has 35 heavy (non-hydrogen) atoms. The average Bonchev–Trinajstić information content (AvgIpc) is 3.32. The van der Waals surface area contributed by atoms with Crippen LogP contribution in [0.3, 0.4) is 0 Å². The Morgan fingerprint density at radius 2 is 1.86 bits per heavy atom. The van der Waals surface area contributed by atoms with Crippen LogP contribution in [0.1, 0.15) is 16.7 Å². The van der Waals surface area contributed by atoms with Crippen LogP contribution in [0.5, 0.6) is 0 Å². The number of amides is 2. The molecule has 3 N–H and O–H groups in total. The molecular formula is C24H20F3N7O. The summed E-state index contributed by atoms with van der Waals surface area (Å²) in [4.78, 5) is 31.6. The normalized spacial score (nSPS) is 13.8. The Hall–Kier alpha value is -4.41. The van der Waals surface area contributed by atoms with Crippen LogP contribution in [0.4, 0.5) is 35.4 Å². The highest BCUT2D eigenvalue weighted by molar-refractivity contribution is 6.05. The van der Waals surface area contributed by atoms with Crippen molar-refractivity contribution in [3.05, 3.63) is 71.5 Å². The summed E-state index contributed by atoms with van der Waals surface area (Å²) in [5, 5.41) is 0. The van der Waals surface area contributed by atoms with Crippen molar-refractivity contribution in [1.29, 1.82) is 0 Å². The first kappa shape index (κ1) is 22.4. The van der Waals surface area contributed by atoms with E-state index in [1.165, 1.54) is 23.2 Å². The summed E-state index contributed by atoms with van der Waals surface area (Å²) in [6, 6.07) is 10.4. The van der Waals surface area contributed by atoms with Gasteiger partial charge in [-0.2, -0.15) is 18.2 Å². The molecule has 1 aliphatic rings. The molecule has 0 bridgehead atoms. The topological polar surface area (TPSA) is 104 Å². The summed E-state index contributed by atoms with van der Waals surface area (Å²) in [5.74, 6) is 0.912. The molecule has 0 fully saturated rings. The van der Waals surface area contributed by atoms with Crippen LogP contribution < -0.4 is 15.5 Å². The molecular weight excluding hydrogens is 459 g/mol. The number of aromatic amines is 1. The van der Waals surface area contributed by atoms with Crippen molar-refractivity contribution < 1.29 is 18.0 Å². The maximum atomic E-state index is 13.5. The minimum absolute atomic E-state index is 0.00907. The van der Waals surface area contributed by atoms with Crippen molar-refractivity contribution in [2.45, 2.75) is 19.6 Å². The van der Waals surface area contributed by atoms with Gasteiger partial charge in [0.1, 0.15) is 11.6 Å². The van der Waals surface area contributed by atoms with E-state index >= 15 is 0 Å². The molecule has 0 atom stereocenters.